The van der Waals surface area contributed by atoms with E-state index in [-0.39, 0.29) is 29.4 Å². The number of phenols is 2. The number of unbranched alkanes of at least 4 members (excludes halogenated alkanes) is 7. The van der Waals surface area contributed by atoms with Crippen LogP contribution in [0.3, 0.4) is 0 Å². The first-order chi connectivity index (χ1) is 13.0. The standard InChI is InChI=1S/C20H32O7/c1-5-6-7-8-9-10-11-12-13-27-20(23)14-15(21)16(22)18(25-3)19(26-4)17(14)24-2/h21-22H,5-13H2,1-4H3. The van der Waals surface area contributed by atoms with E-state index in [4.69, 9.17) is 18.9 Å². The molecule has 7 heteroatoms. The van der Waals surface area contributed by atoms with Crippen LogP contribution in [0.2, 0.25) is 0 Å². The van der Waals surface area contributed by atoms with Gasteiger partial charge in [0.1, 0.15) is 0 Å². The zero-order valence-electron chi connectivity index (χ0n) is 16.8. The van der Waals surface area contributed by atoms with Gasteiger partial charge in [0, 0.05) is 0 Å². The van der Waals surface area contributed by atoms with Gasteiger partial charge in [-0.15, -0.1) is 0 Å². The van der Waals surface area contributed by atoms with Crippen molar-refractivity contribution in [3.05, 3.63) is 5.56 Å². The summed E-state index contributed by atoms with van der Waals surface area (Å²) in [7, 11) is 3.96. The summed E-state index contributed by atoms with van der Waals surface area (Å²) in [6.07, 6.45) is 9.02. The molecule has 0 spiro atoms. The summed E-state index contributed by atoms with van der Waals surface area (Å²) in [5, 5.41) is 20.3. The predicted molar refractivity (Wildman–Crippen MR) is 102 cm³/mol. The van der Waals surface area contributed by atoms with Crippen molar-refractivity contribution in [2.45, 2.75) is 58.3 Å². The fourth-order valence-corrected chi connectivity index (χ4v) is 2.89. The van der Waals surface area contributed by atoms with Crippen molar-refractivity contribution < 1.29 is 34.0 Å². The summed E-state index contributed by atoms with van der Waals surface area (Å²) in [4.78, 5) is 12.4. The van der Waals surface area contributed by atoms with E-state index in [1.165, 1.54) is 53.4 Å². The molecular weight excluding hydrogens is 352 g/mol. The molecule has 1 rings (SSSR count). The fourth-order valence-electron chi connectivity index (χ4n) is 2.89. The van der Waals surface area contributed by atoms with E-state index in [0.717, 1.165) is 19.3 Å². The minimum atomic E-state index is -0.788. The molecule has 154 valence electrons. The lowest BCUT2D eigenvalue weighted by molar-refractivity contribution is 0.0488. The SMILES string of the molecule is CCCCCCCCCCOC(=O)c1c(O)c(O)c(OC)c(OC)c1OC. The number of carbonyl (C=O) groups excluding carboxylic acids is 1. The van der Waals surface area contributed by atoms with Gasteiger partial charge in [0.25, 0.3) is 0 Å². The van der Waals surface area contributed by atoms with Gasteiger partial charge in [0.15, 0.2) is 17.1 Å². The molecule has 0 aromatic heterocycles. The van der Waals surface area contributed by atoms with Crippen LogP contribution in [-0.2, 0) is 4.74 Å². The Labute approximate surface area is 161 Å². The zero-order chi connectivity index (χ0) is 20.2. The maximum atomic E-state index is 12.4. The first kappa shape index (κ1) is 22.7. The number of methoxy groups -OCH3 is 3. The van der Waals surface area contributed by atoms with Crippen molar-refractivity contribution >= 4 is 5.97 Å². The van der Waals surface area contributed by atoms with Crippen LogP contribution in [0.1, 0.15) is 68.6 Å². The van der Waals surface area contributed by atoms with E-state index in [1.807, 2.05) is 0 Å². The summed E-state index contributed by atoms with van der Waals surface area (Å²) in [5.74, 6) is -2.21. The van der Waals surface area contributed by atoms with E-state index in [0.29, 0.717) is 0 Å². The van der Waals surface area contributed by atoms with Crippen LogP contribution in [0, 0.1) is 0 Å². The molecule has 2 N–H and O–H groups in total. The van der Waals surface area contributed by atoms with Crippen LogP contribution in [-0.4, -0.2) is 44.1 Å². The van der Waals surface area contributed by atoms with Gasteiger partial charge in [0.05, 0.1) is 27.9 Å². The lowest BCUT2D eigenvalue weighted by Crippen LogP contribution is -2.10. The second-order valence-electron chi connectivity index (χ2n) is 6.28. The van der Waals surface area contributed by atoms with Gasteiger partial charge in [-0.3, -0.25) is 0 Å². The Kier molecular flexibility index (Phi) is 10.2. The Morgan fingerprint density at radius 3 is 1.78 bits per heavy atom. The Bertz CT molecular complexity index is 599. The van der Waals surface area contributed by atoms with Crippen LogP contribution in [0.15, 0.2) is 0 Å². The number of phenolic OH excluding ortho intramolecular Hbond substituents is 2. The topological polar surface area (TPSA) is 94.5 Å². The molecule has 0 bridgehead atoms. The summed E-state index contributed by atoms with van der Waals surface area (Å²) < 4.78 is 20.6. The molecule has 0 heterocycles. The molecular formula is C20H32O7. The van der Waals surface area contributed by atoms with E-state index in [9.17, 15) is 15.0 Å². The summed E-state index contributed by atoms with van der Waals surface area (Å²) >= 11 is 0. The molecule has 0 saturated carbocycles. The van der Waals surface area contributed by atoms with Crippen LogP contribution in [0.5, 0.6) is 28.7 Å². The normalized spacial score (nSPS) is 10.5. The van der Waals surface area contributed by atoms with E-state index >= 15 is 0 Å². The monoisotopic (exact) mass is 384 g/mol. The maximum absolute atomic E-state index is 12.4. The summed E-state index contributed by atoms with van der Waals surface area (Å²) in [5.41, 5.74) is -0.285. The van der Waals surface area contributed by atoms with Crippen molar-refractivity contribution in [1.29, 1.82) is 0 Å². The molecule has 0 atom stereocenters. The summed E-state index contributed by atoms with van der Waals surface area (Å²) in [6, 6.07) is 0. The minimum Gasteiger partial charge on any atom is -0.503 e. The molecule has 0 aliphatic heterocycles. The van der Waals surface area contributed by atoms with Gasteiger partial charge in [-0.25, -0.2) is 4.79 Å². The van der Waals surface area contributed by atoms with Crippen molar-refractivity contribution in [2.75, 3.05) is 27.9 Å². The average Bonchev–Trinajstić information content (AvgIpc) is 2.67. The molecule has 0 radical (unpaired) electrons. The Morgan fingerprint density at radius 2 is 1.26 bits per heavy atom. The van der Waals surface area contributed by atoms with Crippen LogP contribution < -0.4 is 14.2 Å². The number of ether oxygens (including phenoxy) is 4. The van der Waals surface area contributed by atoms with Crippen LogP contribution in [0.25, 0.3) is 0 Å². The highest BCUT2D eigenvalue weighted by Crippen LogP contribution is 2.52. The molecule has 1 aromatic rings. The van der Waals surface area contributed by atoms with Crippen molar-refractivity contribution in [2.24, 2.45) is 0 Å². The third-order valence-corrected chi connectivity index (χ3v) is 4.36. The van der Waals surface area contributed by atoms with Crippen LogP contribution >= 0.6 is 0 Å². The van der Waals surface area contributed by atoms with E-state index < -0.39 is 17.5 Å². The van der Waals surface area contributed by atoms with Crippen molar-refractivity contribution in [1.82, 2.24) is 0 Å². The number of aromatic hydroxyl groups is 2. The molecule has 0 amide bonds. The van der Waals surface area contributed by atoms with Crippen molar-refractivity contribution in [3.63, 3.8) is 0 Å². The number of benzene rings is 1. The summed E-state index contributed by atoms with van der Waals surface area (Å²) in [6.45, 7) is 2.42. The number of hydrogen-bond acceptors (Lipinski definition) is 7. The number of carbonyl (C=O) groups is 1. The molecule has 0 aliphatic rings. The highest BCUT2D eigenvalue weighted by molar-refractivity contribution is 5.99. The quantitative estimate of drug-likeness (QED) is 0.295. The average molecular weight is 384 g/mol. The minimum absolute atomic E-state index is 0.00864. The second kappa shape index (κ2) is 12.1. The fraction of sp³-hybridized carbons (Fsp3) is 0.650. The smallest absolute Gasteiger partial charge is 0.346 e. The maximum Gasteiger partial charge on any atom is 0.346 e. The van der Waals surface area contributed by atoms with E-state index in [1.54, 1.807) is 0 Å². The predicted octanol–water partition coefficient (Wildman–Crippen LogP) is 4.42. The molecule has 0 saturated heterocycles. The van der Waals surface area contributed by atoms with Gasteiger partial charge in [-0.1, -0.05) is 51.9 Å². The second-order valence-corrected chi connectivity index (χ2v) is 6.28. The third-order valence-electron chi connectivity index (χ3n) is 4.36. The van der Waals surface area contributed by atoms with Crippen molar-refractivity contribution in [3.8, 4) is 28.7 Å². The van der Waals surface area contributed by atoms with Gasteiger partial charge < -0.3 is 29.2 Å². The molecule has 7 nitrogen and oxygen atoms in total. The van der Waals surface area contributed by atoms with Gasteiger partial charge in [-0.05, 0) is 6.42 Å². The number of esters is 1. The third kappa shape index (κ3) is 6.12. The molecule has 0 aliphatic carbocycles. The molecule has 0 fully saturated rings. The lowest BCUT2D eigenvalue weighted by atomic mass is 10.1. The first-order valence-corrected chi connectivity index (χ1v) is 9.44. The number of rotatable bonds is 13. The Balaban J connectivity index is 2.66. The molecule has 0 unspecified atom stereocenters. The largest absolute Gasteiger partial charge is 0.503 e. The van der Waals surface area contributed by atoms with Gasteiger partial charge >= 0.3 is 5.97 Å². The zero-order valence-corrected chi connectivity index (χ0v) is 16.8. The van der Waals surface area contributed by atoms with Gasteiger partial charge in [-0.2, -0.15) is 0 Å². The highest BCUT2D eigenvalue weighted by Gasteiger charge is 2.31. The van der Waals surface area contributed by atoms with Gasteiger partial charge in [0.2, 0.25) is 17.2 Å². The molecule has 27 heavy (non-hydrogen) atoms. The molecule has 1 aromatic carbocycles. The first-order valence-electron chi connectivity index (χ1n) is 9.44. The van der Waals surface area contributed by atoms with E-state index in [2.05, 4.69) is 6.92 Å². The Morgan fingerprint density at radius 1 is 0.741 bits per heavy atom. The highest BCUT2D eigenvalue weighted by atomic mass is 16.5. The Hall–Kier alpha value is -2.31. The number of hydrogen-bond donors (Lipinski definition) is 2. The van der Waals surface area contributed by atoms with Crippen LogP contribution in [0.4, 0.5) is 0 Å². The lowest BCUT2D eigenvalue weighted by Gasteiger charge is -2.18.